The van der Waals surface area contributed by atoms with Gasteiger partial charge in [-0.05, 0) is 49.4 Å². The quantitative estimate of drug-likeness (QED) is 0.908. The van der Waals surface area contributed by atoms with E-state index in [0.29, 0.717) is 17.8 Å². The summed E-state index contributed by atoms with van der Waals surface area (Å²) >= 11 is 0. The fraction of sp³-hybridized carbons (Fsp3) is 0.529. The van der Waals surface area contributed by atoms with Gasteiger partial charge in [0, 0.05) is 37.9 Å². The van der Waals surface area contributed by atoms with E-state index in [4.69, 9.17) is 4.74 Å². The molecule has 1 aliphatic heterocycles. The van der Waals surface area contributed by atoms with Gasteiger partial charge in [-0.15, -0.1) is 0 Å². The van der Waals surface area contributed by atoms with Crippen LogP contribution >= 0.6 is 0 Å². The lowest BCUT2D eigenvalue weighted by atomic mass is 10.2. The molecule has 2 aliphatic rings. The van der Waals surface area contributed by atoms with E-state index in [2.05, 4.69) is 5.32 Å². The highest BCUT2D eigenvalue weighted by atomic mass is 16.5. The first-order valence-corrected chi connectivity index (χ1v) is 7.90. The Hall–Kier alpha value is -1.88. The molecule has 5 nitrogen and oxygen atoms in total. The van der Waals surface area contributed by atoms with Crippen molar-refractivity contribution < 1.29 is 14.3 Å². The Morgan fingerprint density at radius 2 is 1.95 bits per heavy atom. The van der Waals surface area contributed by atoms with Crippen molar-refractivity contribution >= 4 is 17.5 Å². The number of carbonyl (C=O) groups is 2. The molecule has 5 heteroatoms. The summed E-state index contributed by atoms with van der Waals surface area (Å²) in [6.45, 7) is 3.74. The second-order valence-corrected chi connectivity index (χ2v) is 6.20. The van der Waals surface area contributed by atoms with Gasteiger partial charge in [-0.2, -0.15) is 0 Å². The van der Waals surface area contributed by atoms with Crippen molar-refractivity contribution in [2.45, 2.75) is 32.3 Å². The van der Waals surface area contributed by atoms with Crippen LogP contribution in [-0.2, 0) is 9.53 Å². The van der Waals surface area contributed by atoms with Gasteiger partial charge in [0.2, 0.25) is 5.91 Å². The van der Waals surface area contributed by atoms with Crippen molar-refractivity contribution in [3.8, 4) is 0 Å². The van der Waals surface area contributed by atoms with Gasteiger partial charge in [0.05, 0.1) is 6.10 Å². The van der Waals surface area contributed by atoms with E-state index in [-0.39, 0.29) is 17.9 Å². The van der Waals surface area contributed by atoms with Gasteiger partial charge < -0.3 is 15.0 Å². The first-order chi connectivity index (χ1) is 10.6. The zero-order valence-electron chi connectivity index (χ0n) is 12.9. The first-order valence-electron chi connectivity index (χ1n) is 7.90. The molecule has 0 aromatic heterocycles. The van der Waals surface area contributed by atoms with Crippen LogP contribution < -0.4 is 5.32 Å². The van der Waals surface area contributed by atoms with Gasteiger partial charge in [0.25, 0.3) is 5.91 Å². The van der Waals surface area contributed by atoms with E-state index in [9.17, 15) is 9.59 Å². The molecule has 1 heterocycles. The van der Waals surface area contributed by atoms with E-state index < -0.39 is 0 Å². The second kappa shape index (κ2) is 6.48. The number of nitrogens with one attached hydrogen (secondary N) is 1. The molecule has 0 bridgehead atoms. The standard InChI is InChI=1S/C17H22N2O3/c1-12(20)18-15-6-4-14(5-7-15)17(21)19-9-8-16(10-19)22-11-13-2-3-13/h4-7,13,16H,2-3,8-11H2,1H3,(H,18,20). The zero-order valence-corrected chi connectivity index (χ0v) is 12.9. The lowest BCUT2D eigenvalue weighted by Crippen LogP contribution is -2.30. The fourth-order valence-electron chi connectivity index (χ4n) is 2.69. The largest absolute Gasteiger partial charge is 0.376 e. The lowest BCUT2D eigenvalue weighted by molar-refractivity contribution is -0.114. The monoisotopic (exact) mass is 302 g/mol. The summed E-state index contributed by atoms with van der Waals surface area (Å²) in [4.78, 5) is 25.3. The van der Waals surface area contributed by atoms with E-state index in [1.54, 1.807) is 24.3 Å². The van der Waals surface area contributed by atoms with Crippen LogP contribution in [0.25, 0.3) is 0 Å². The highest BCUT2D eigenvalue weighted by Gasteiger charge is 2.29. The molecule has 1 aliphatic carbocycles. The van der Waals surface area contributed by atoms with Crippen molar-refractivity contribution in [1.82, 2.24) is 4.90 Å². The Kier molecular flexibility index (Phi) is 4.43. The van der Waals surface area contributed by atoms with Gasteiger partial charge in [-0.1, -0.05) is 0 Å². The van der Waals surface area contributed by atoms with Crippen LogP contribution in [0.5, 0.6) is 0 Å². The minimum atomic E-state index is -0.116. The summed E-state index contributed by atoms with van der Waals surface area (Å²) in [6.07, 6.45) is 3.68. The van der Waals surface area contributed by atoms with Crippen LogP contribution in [0.15, 0.2) is 24.3 Å². The number of hydrogen-bond donors (Lipinski definition) is 1. The van der Waals surface area contributed by atoms with Gasteiger partial charge >= 0.3 is 0 Å². The van der Waals surface area contributed by atoms with E-state index in [0.717, 1.165) is 25.5 Å². The maximum Gasteiger partial charge on any atom is 0.253 e. The van der Waals surface area contributed by atoms with Crippen LogP contribution in [0.1, 0.15) is 36.5 Å². The van der Waals surface area contributed by atoms with Gasteiger partial charge in [-0.25, -0.2) is 0 Å². The molecule has 1 unspecified atom stereocenters. The molecule has 0 radical (unpaired) electrons. The highest BCUT2D eigenvalue weighted by molar-refractivity contribution is 5.95. The molecule has 1 saturated heterocycles. The summed E-state index contributed by atoms with van der Waals surface area (Å²) < 4.78 is 5.86. The van der Waals surface area contributed by atoms with E-state index in [1.165, 1.54) is 19.8 Å². The molecule has 1 aromatic rings. The Labute approximate surface area is 130 Å². The van der Waals surface area contributed by atoms with Crippen LogP contribution in [-0.4, -0.2) is 42.5 Å². The van der Waals surface area contributed by atoms with Gasteiger partial charge in [-0.3, -0.25) is 9.59 Å². The van der Waals surface area contributed by atoms with Gasteiger partial charge in [0.15, 0.2) is 0 Å². The smallest absolute Gasteiger partial charge is 0.253 e. The van der Waals surface area contributed by atoms with E-state index in [1.807, 2.05) is 4.90 Å². The summed E-state index contributed by atoms with van der Waals surface area (Å²) in [5.74, 6) is 0.673. The number of ether oxygens (including phenoxy) is 1. The van der Waals surface area contributed by atoms with Crippen molar-refractivity contribution in [2.24, 2.45) is 5.92 Å². The second-order valence-electron chi connectivity index (χ2n) is 6.20. The number of rotatable bonds is 5. The molecule has 22 heavy (non-hydrogen) atoms. The Morgan fingerprint density at radius 3 is 2.59 bits per heavy atom. The normalized spacial score (nSPS) is 21.0. The minimum Gasteiger partial charge on any atom is -0.376 e. The summed E-state index contributed by atoms with van der Waals surface area (Å²) in [5.41, 5.74) is 1.35. The maximum absolute atomic E-state index is 12.5. The highest BCUT2D eigenvalue weighted by Crippen LogP contribution is 2.30. The van der Waals surface area contributed by atoms with Crippen molar-refractivity contribution in [1.29, 1.82) is 0 Å². The van der Waals surface area contributed by atoms with Crippen molar-refractivity contribution in [3.63, 3.8) is 0 Å². The van der Waals surface area contributed by atoms with E-state index >= 15 is 0 Å². The fourth-order valence-corrected chi connectivity index (χ4v) is 2.69. The van der Waals surface area contributed by atoms with Crippen molar-refractivity contribution in [3.05, 3.63) is 29.8 Å². The SMILES string of the molecule is CC(=O)Nc1ccc(C(=O)N2CCC(OCC3CC3)C2)cc1. The topological polar surface area (TPSA) is 58.6 Å². The molecule has 1 aromatic carbocycles. The summed E-state index contributed by atoms with van der Waals surface area (Å²) in [7, 11) is 0. The molecule has 3 rings (SSSR count). The lowest BCUT2D eigenvalue weighted by Gasteiger charge is -2.17. The molecular weight excluding hydrogens is 280 g/mol. The zero-order chi connectivity index (χ0) is 15.5. The Balaban J connectivity index is 1.53. The number of anilines is 1. The Morgan fingerprint density at radius 1 is 1.23 bits per heavy atom. The third-order valence-electron chi connectivity index (χ3n) is 4.15. The van der Waals surface area contributed by atoms with Crippen LogP contribution in [0.4, 0.5) is 5.69 Å². The molecule has 0 spiro atoms. The van der Waals surface area contributed by atoms with Crippen LogP contribution in [0.2, 0.25) is 0 Å². The number of nitrogens with zero attached hydrogens (tertiary/aromatic N) is 1. The molecule has 2 amide bonds. The average molecular weight is 302 g/mol. The summed E-state index contributed by atoms with van der Waals surface area (Å²) in [5, 5.41) is 2.70. The van der Waals surface area contributed by atoms with Crippen molar-refractivity contribution in [2.75, 3.05) is 25.0 Å². The molecule has 1 saturated carbocycles. The van der Waals surface area contributed by atoms with Crippen LogP contribution in [0, 0.1) is 5.92 Å². The molecule has 1 atom stereocenters. The molecule has 2 fully saturated rings. The predicted molar refractivity (Wildman–Crippen MR) is 83.7 cm³/mol. The average Bonchev–Trinajstić information content (AvgIpc) is 3.21. The third kappa shape index (κ3) is 3.85. The number of benzene rings is 1. The maximum atomic E-state index is 12.5. The molecule has 1 N–H and O–H groups in total. The number of hydrogen-bond acceptors (Lipinski definition) is 3. The summed E-state index contributed by atoms with van der Waals surface area (Å²) in [6, 6.07) is 7.02. The number of likely N-dealkylation sites (tertiary alicyclic amines) is 1. The predicted octanol–water partition coefficient (Wildman–Crippen LogP) is 2.29. The number of amides is 2. The number of carbonyl (C=O) groups excluding carboxylic acids is 2. The molecule has 118 valence electrons. The van der Waals surface area contributed by atoms with Crippen LogP contribution in [0.3, 0.4) is 0 Å². The van der Waals surface area contributed by atoms with Gasteiger partial charge in [0.1, 0.15) is 0 Å². The molecular formula is C17H22N2O3. The Bertz CT molecular complexity index is 552. The minimum absolute atomic E-state index is 0.0342. The third-order valence-corrected chi connectivity index (χ3v) is 4.15. The first kappa shape index (κ1) is 15.0.